The number of carbonyl (C=O) groups excluding carboxylic acids is 1. The number of thiazole rings is 1. The molecule has 18 heavy (non-hydrogen) atoms. The standard InChI is InChI=1S/C12H11BrN2O2S/c1-7-6-18-11(15-7)5-17-12(16)8-2-3-9(13)10(14)4-8/h2-4,6H,5,14H2,1H3. The average molecular weight is 327 g/mol. The quantitative estimate of drug-likeness (QED) is 0.695. The fraction of sp³-hybridized carbons (Fsp3) is 0.167. The van der Waals surface area contributed by atoms with Crippen molar-refractivity contribution in [2.75, 3.05) is 5.73 Å². The zero-order valence-corrected chi connectivity index (χ0v) is 12.0. The lowest BCUT2D eigenvalue weighted by molar-refractivity contribution is 0.0472. The molecule has 0 saturated carbocycles. The molecule has 0 atom stereocenters. The van der Waals surface area contributed by atoms with Crippen molar-refractivity contribution in [3.05, 3.63) is 44.3 Å². The summed E-state index contributed by atoms with van der Waals surface area (Å²) in [4.78, 5) is 16.0. The lowest BCUT2D eigenvalue weighted by atomic mass is 10.2. The predicted molar refractivity (Wildman–Crippen MR) is 74.5 cm³/mol. The van der Waals surface area contributed by atoms with Crippen LogP contribution < -0.4 is 5.73 Å². The summed E-state index contributed by atoms with van der Waals surface area (Å²) in [5, 5.41) is 2.70. The summed E-state index contributed by atoms with van der Waals surface area (Å²) in [7, 11) is 0. The van der Waals surface area contributed by atoms with Gasteiger partial charge in [-0.25, -0.2) is 9.78 Å². The van der Waals surface area contributed by atoms with E-state index < -0.39 is 5.97 Å². The second-order valence-electron chi connectivity index (χ2n) is 3.70. The third-order valence-electron chi connectivity index (χ3n) is 2.23. The van der Waals surface area contributed by atoms with Crippen molar-refractivity contribution < 1.29 is 9.53 Å². The van der Waals surface area contributed by atoms with Crippen molar-refractivity contribution >= 4 is 38.9 Å². The van der Waals surface area contributed by atoms with Crippen LogP contribution in [0.4, 0.5) is 5.69 Å². The number of hydrogen-bond acceptors (Lipinski definition) is 5. The number of anilines is 1. The first kappa shape index (κ1) is 13.0. The van der Waals surface area contributed by atoms with E-state index in [4.69, 9.17) is 10.5 Å². The first-order valence-corrected chi connectivity index (χ1v) is 6.86. The van der Waals surface area contributed by atoms with Gasteiger partial charge in [-0.15, -0.1) is 11.3 Å². The predicted octanol–water partition coefficient (Wildman–Crippen LogP) is 3.15. The Balaban J connectivity index is 2.01. The van der Waals surface area contributed by atoms with Crippen LogP contribution in [0.25, 0.3) is 0 Å². The number of halogens is 1. The maximum absolute atomic E-state index is 11.8. The van der Waals surface area contributed by atoms with E-state index in [9.17, 15) is 4.79 Å². The third-order valence-corrected chi connectivity index (χ3v) is 3.89. The second kappa shape index (κ2) is 5.49. The molecule has 2 rings (SSSR count). The van der Waals surface area contributed by atoms with Gasteiger partial charge in [0.2, 0.25) is 0 Å². The number of rotatable bonds is 3. The highest BCUT2D eigenvalue weighted by atomic mass is 79.9. The van der Waals surface area contributed by atoms with Crippen molar-refractivity contribution in [3.63, 3.8) is 0 Å². The highest BCUT2D eigenvalue weighted by Gasteiger charge is 2.10. The van der Waals surface area contributed by atoms with Gasteiger partial charge in [-0.3, -0.25) is 0 Å². The van der Waals surface area contributed by atoms with E-state index in [2.05, 4.69) is 20.9 Å². The maximum atomic E-state index is 11.8. The summed E-state index contributed by atoms with van der Waals surface area (Å²) in [6, 6.07) is 4.97. The molecule has 0 bridgehead atoms. The molecule has 0 saturated heterocycles. The van der Waals surface area contributed by atoms with Crippen LogP contribution in [-0.4, -0.2) is 11.0 Å². The van der Waals surface area contributed by atoms with Crippen LogP contribution in [0, 0.1) is 6.92 Å². The van der Waals surface area contributed by atoms with Crippen LogP contribution in [0.3, 0.4) is 0 Å². The Hall–Kier alpha value is -1.40. The average Bonchev–Trinajstić information content (AvgIpc) is 2.75. The Labute approximate surface area is 117 Å². The van der Waals surface area contributed by atoms with Gasteiger partial charge in [0.05, 0.1) is 5.56 Å². The molecule has 1 heterocycles. The lowest BCUT2D eigenvalue weighted by Crippen LogP contribution is -2.05. The van der Waals surface area contributed by atoms with E-state index in [1.54, 1.807) is 18.2 Å². The Bertz CT molecular complexity index is 583. The molecule has 6 heteroatoms. The summed E-state index contributed by atoms with van der Waals surface area (Å²) in [5.41, 5.74) is 7.58. The third kappa shape index (κ3) is 3.08. The Morgan fingerprint density at radius 3 is 2.94 bits per heavy atom. The number of nitrogens with two attached hydrogens (primary N) is 1. The molecular weight excluding hydrogens is 316 g/mol. The Kier molecular flexibility index (Phi) is 3.98. The summed E-state index contributed by atoms with van der Waals surface area (Å²) in [6.07, 6.45) is 0. The molecule has 94 valence electrons. The molecule has 2 N–H and O–H groups in total. The topological polar surface area (TPSA) is 65.2 Å². The van der Waals surface area contributed by atoms with E-state index >= 15 is 0 Å². The molecular formula is C12H11BrN2O2S. The van der Waals surface area contributed by atoms with E-state index in [-0.39, 0.29) is 6.61 Å². The minimum Gasteiger partial charge on any atom is -0.455 e. The molecule has 4 nitrogen and oxygen atoms in total. The Morgan fingerprint density at radius 1 is 1.56 bits per heavy atom. The molecule has 2 aromatic rings. The van der Waals surface area contributed by atoms with Crippen molar-refractivity contribution in [1.29, 1.82) is 0 Å². The fourth-order valence-corrected chi connectivity index (χ4v) is 2.28. The number of aryl methyl sites for hydroxylation is 1. The molecule has 0 aliphatic rings. The zero-order valence-electron chi connectivity index (χ0n) is 9.64. The van der Waals surface area contributed by atoms with Crippen LogP contribution in [-0.2, 0) is 11.3 Å². The number of aromatic nitrogens is 1. The maximum Gasteiger partial charge on any atom is 0.338 e. The highest BCUT2D eigenvalue weighted by Crippen LogP contribution is 2.21. The largest absolute Gasteiger partial charge is 0.455 e. The van der Waals surface area contributed by atoms with Crippen molar-refractivity contribution in [3.8, 4) is 0 Å². The summed E-state index contributed by atoms with van der Waals surface area (Å²) < 4.78 is 5.92. The van der Waals surface area contributed by atoms with Crippen molar-refractivity contribution in [1.82, 2.24) is 4.98 Å². The van der Waals surface area contributed by atoms with Crippen LogP contribution >= 0.6 is 27.3 Å². The van der Waals surface area contributed by atoms with E-state index in [0.29, 0.717) is 11.3 Å². The smallest absolute Gasteiger partial charge is 0.338 e. The lowest BCUT2D eigenvalue weighted by Gasteiger charge is -2.04. The fourth-order valence-electron chi connectivity index (χ4n) is 1.35. The van der Waals surface area contributed by atoms with Crippen LogP contribution in [0.15, 0.2) is 28.1 Å². The minimum absolute atomic E-state index is 0.188. The monoisotopic (exact) mass is 326 g/mol. The van der Waals surface area contributed by atoms with Gasteiger partial charge in [-0.05, 0) is 41.1 Å². The number of hydrogen-bond donors (Lipinski definition) is 1. The molecule has 0 aliphatic carbocycles. The first-order valence-electron chi connectivity index (χ1n) is 5.19. The van der Waals surface area contributed by atoms with Crippen LogP contribution in [0.5, 0.6) is 0 Å². The van der Waals surface area contributed by atoms with Crippen molar-refractivity contribution in [2.45, 2.75) is 13.5 Å². The molecule has 0 fully saturated rings. The normalized spacial score (nSPS) is 10.3. The van der Waals surface area contributed by atoms with E-state index in [1.807, 2.05) is 12.3 Å². The van der Waals surface area contributed by atoms with E-state index in [1.165, 1.54) is 11.3 Å². The molecule has 1 aromatic heterocycles. The first-order chi connectivity index (χ1) is 8.56. The van der Waals surface area contributed by atoms with Crippen LogP contribution in [0.1, 0.15) is 21.1 Å². The number of nitrogens with zero attached hydrogens (tertiary/aromatic N) is 1. The molecule has 1 aromatic carbocycles. The molecule has 0 aliphatic heterocycles. The number of nitrogen functional groups attached to an aromatic ring is 1. The van der Waals surface area contributed by atoms with Gasteiger partial charge in [0, 0.05) is 21.2 Å². The number of ether oxygens (including phenoxy) is 1. The van der Waals surface area contributed by atoms with E-state index in [0.717, 1.165) is 15.2 Å². The molecule has 0 spiro atoms. The number of benzene rings is 1. The molecule has 0 radical (unpaired) electrons. The number of carbonyl (C=O) groups is 1. The molecule has 0 amide bonds. The van der Waals surface area contributed by atoms with Gasteiger partial charge in [-0.2, -0.15) is 0 Å². The van der Waals surface area contributed by atoms with Gasteiger partial charge in [0.15, 0.2) is 0 Å². The van der Waals surface area contributed by atoms with Crippen LogP contribution in [0.2, 0.25) is 0 Å². The summed E-state index contributed by atoms with van der Waals surface area (Å²) >= 11 is 4.74. The Morgan fingerprint density at radius 2 is 2.33 bits per heavy atom. The molecule has 0 unspecified atom stereocenters. The van der Waals surface area contributed by atoms with Crippen molar-refractivity contribution in [2.24, 2.45) is 0 Å². The summed E-state index contributed by atoms with van der Waals surface area (Å²) in [6.45, 7) is 2.09. The highest BCUT2D eigenvalue weighted by molar-refractivity contribution is 9.10. The van der Waals surface area contributed by atoms with Gasteiger partial charge in [0.25, 0.3) is 0 Å². The van der Waals surface area contributed by atoms with Gasteiger partial charge < -0.3 is 10.5 Å². The SMILES string of the molecule is Cc1csc(COC(=O)c2ccc(Br)c(N)c2)n1. The van der Waals surface area contributed by atoms with Gasteiger partial charge in [0.1, 0.15) is 11.6 Å². The van der Waals surface area contributed by atoms with Gasteiger partial charge in [-0.1, -0.05) is 0 Å². The zero-order chi connectivity index (χ0) is 13.1. The van der Waals surface area contributed by atoms with Gasteiger partial charge >= 0.3 is 5.97 Å². The minimum atomic E-state index is -0.401. The number of esters is 1. The second-order valence-corrected chi connectivity index (χ2v) is 5.49. The summed E-state index contributed by atoms with van der Waals surface area (Å²) in [5.74, 6) is -0.401.